The van der Waals surface area contributed by atoms with Gasteiger partial charge in [0.15, 0.2) is 11.6 Å². The molecule has 0 unspecified atom stereocenters. The van der Waals surface area contributed by atoms with Gasteiger partial charge in [-0.15, -0.1) is 0 Å². The molecule has 24 heteroatoms. The Morgan fingerprint density at radius 2 is 0.683 bits per heavy atom. The molecule has 0 aliphatic heterocycles. The number of phenols is 1. The van der Waals surface area contributed by atoms with E-state index in [0.29, 0.717) is 73.7 Å². The molecule has 434 valence electrons. The lowest BCUT2D eigenvalue weighted by Gasteiger charge is -2.11. The number of carbonyl (C=O) groups excluding carboxylic acids is 5. The molecule has 0 heterocycles. The molecule has 0 saturated carbocycles. The van der Waals surface area contributed by atoms with Crippen molar-refractivity contribution in [2.24, 2.45) is 0 Å². The second kappa shape index (κ2) is 35.9. The van der Waals surface area contributed by atoms with Crippen LogP contribution in [0.2, 0.25) is 0 Å². The number of Topliss-reactive ketones (excluding diaryl/α,β-unsaturated/α-hetero) is 2. The average Bonchev–Trinajstić information content (AvgIpc) is 3.54. The van der Waals surface area contributed by atoms with E-state index in [1.54, 1.807) is 36.4 Å². The lowest BCUT2D eigenvalue weighted by molar-refractivity contribution is 0.0592. The number of nitrogen functional groups attached to an aromatic ring is 2. The van der Waals surface area contributed by atoms with Gasteiger partial charge in [-0.25, -0.2) is 14.4 Å². The molecular formula is C58H51Br8ClN2O13. The van der Waals surface area contributed by atoms with E-state index >= 15 is 0 Å². The predicted molar refractivity (Wildman–Crippen MR) is 347 cm³/mol. The van der Waals surface area contributed by atoms with E-state index in [1.807, 2.05) is 57.2 Å². The van der Waals surface area contributed by atoms with Gasteiger partial charge in [-0.1, -0.05) is 24.3 Å². The normalized spacial score (nSPS) is 10.1. The van der Waals surface area contributed by atoms with Gasteiger partial charge in [0.25, 0.3) is 5.24 Å². The Morgan fingerprint density at radius 3 is 0.951 bits per heavy atom. The second-order valence-electron chi connectivity index (χ2n) is 16.2. The van der Waals surface area contributed by atoms with Crippen molar-refractivity contribution in [2.75, 3.05) is 45.5 Å². The van der Waals surface area contributed by atoms with E-state index in [9.17, 15) is 33.9 Å². The number of aromatic carboxylic acids is 1. The molecule has 0 atom stereocenters. The Hall–Kier alpha value is -5.11. The number of hydrogen-bond donors (Lipinski definition) is 4. The summed E-state index contributed by atoms with van der Waals surface area (Å²) in [4.78, 5) is 68.6. The number of anilines is 2. The molecule has 7 rings (SSSR count). The zero-order valence-corrected chi connectivity index (χ0v) is 57.5. The van der Waals surface area contributed by atoms with Gasteiger partial charge in [0.05, 0.1) is 86.5 Å². The first-order valence-electron chi connectivity index (χ1n) is 23.8. The monoisotopic (exact) mass is 1650 g/mol. The summed E-state index contributed by atoms with van der Waals surface area (Å²) in [6.07, 6.45) is 0.469. The molecule has 6 N–H and O–H groups in total. The number of carboxylic acid groups (broad SMARTS) is 1. The third kappa shape index (κ3) is 22.8. The third-order valence-electron chi connectivity index (χ3n) is 10.4. The maximum absolute atomic E-state index is 12.4. The van der Waals surface area contributed by atoms with Crippen LogP contribution >= 0.6 is 139 Å². The van der Waals surface area contributed by atoms with Gasteiger partial charge in [-0.2, -0.15) is 0 Å². The maximum atomic E-state index is 12.4. The van der Waals surface area contributed by atoms with Crippen molar-refractivity contribution < 1.29 is 62.7 Å². The summed E-state index contributed by atoms with van der Waals surface area (Å²) in [5.41, 5.74) is 16.4. The Balaban J connectivity index is 0.000000281. The summed E-state index contributed by atoms with van der Waals surface area (Å²) >= 11 is 32.0. The number of halogens is 9. The summed E-state index contributed by atoms with van der Waals surface area (Å²) in [6, 6.07) is 32.6. The minimum Gasteiger partial charge on any atom is -0.506 e. The van der Waals surface area contributed by atoms with Crippen molar-refractivity contribution in [3.63, 3.8) is 0 Å². The van der Waals surface area contributed by atoms with Crippen LogP contribution < -0.4 is 25.7 Å². The zero-order chi connectivity index (χ0) is 61.4. The molecule has 7 aromatic rings. The highest BCUT2D eigenvalue weighted by atomic mass is 79.9. The van der Waals surface area contributed by atoms with Gasteiger partial charge in [0.1, 0.15) is 23.0 Å². The molecule has 0 fully saturated rings. The van der Waals surface area contributed by atoms with Crippen LogP contribution in [0.5, 0.6) is 23.0 Å². The molecule has 0 aromatic heterocycles. The number of carbonyl (C=O) groups is 6. The minimum absolute atomic E-state index is 0.0330. The lowest BCUT2D eigenvalue weighted by atomic mass is 10.0. The number of aromatic hydroxyl groups is 1. The highest BCUT2D eigenvalue weighted by Crippen LogP contribution is 2.38. The number of methoxy groups -OCH3 is 2. The third-order valence-corrected chi connectivity index (χ3v) is 15.3. The van der Waals surface area contributed by atoms with Crippen molar-refractivity contribution >= 4 is 185 Å². The van der Waals surface area contributed by atoms with E-state index in [1.165, 1.54) is 62.8 Å². The highest BCUT2D eigenvalue weighted by molar-refractivity contribution is 9.12. The van der Waals surface area contributed by atoms with Crippen LogP contribution in [-0.2, 0) is 22.3 Å². The van der Waals surface area contributed by atoms with Gasteiger partial charge in [-0.3, -0.25) is 14.4 Å². The molecule has 0 saturated heterocycles. The number of phenolic OH excluding ortho intramolecular Hbond substituents is 1. The van der Waals surface area contributed by atoms with Crippen molar-refractivity contribution in [2.45, 2.75) is 33.6 Å². The SMILES string of the molecule is CCOc1c(Br)cc(CC(=O)c2ccc(C(=O)O)cc2)cc1Br.CCOc1c(Br)cc(CC(=O)c2ccc(C(=O)OC)cc2)cc1Br.CCOc1c(Br)cc(N)cc1Br.COC(=O)c1ccc(C(=O)Cl)cc1.Nc1cc(Br)c(O)c(Br)c1. The van der Waals surface area contributed by atoms with Gasteiger partial charge >= 0.3 is 17.9 Å². The van der Waals surface area contributed by atoms with Crippen LogP contribution in [0.15, 0.2) is 157 Å². The van der Waals surface area contributed by atoms with E-state index in [0.717, 1.165) is 49.5 Å². The molecule has 0 bridgehead atoms. The minimum atomic E-state index is -1.01. The van der Waals surface area contributed by atoms with Gasteiger partial charge in [-0.05, 0) is 268 Å². The lowest BCUT2D eigenvalue weighted by Crippen LogP contribution is -2.06. The Kier molecular flexibility index (Phi) is 31.1. The molecule has 0 spiro atoms. The summed E-state index contributed by atoms with van der Waals surface area (Å²) in [5.74, 6) is 0.413. The number of benzene rings is 7. The largest absolute Gasteiger partial charge is 0.506 e. The molecule has 0 amide bonds. The molecule has 7 aromatic carbocycles. The number of ether oxygens (including phenoxy) is 5. The van der Waals surface area contributed by atoms with Crippen LogP contribution in [0.25, 0.3) is 0 Å². The molecule has 82 heavy (non-hydrogen) atoms. The van der Waals surface area contributed by atoms with E-state index < -0.39 is 23.2 Å². The topological polar surface area (TPSA) is 241 Å². The molecule has 0 radical (unpaired) electrons. The van der Waals surface area contributed by atoms with Crippen molar-refractivity contribution in [3.8, 4) is 23.0 Å². The summed E-state index contributed by atoms with van der Waals surface area (Å²) in [6.45, 7) is 7.50. The second-order valence-corrected chi connectivity index (χ2v) is 23.4. The average molecular weight is 1660 g/mol. The quantitative estimate of drug-likeness (QED) is 0.0231. The first kappa shape index (κ1) is 71.2. The number of carboxylic acids is 1. The van der Waals surface area contributed by atoms with Gasteiger partial charge in [0.2, 0.25) is 0 Å². The van der Waals surface area contributed by atoms with Crippen LogP contribution in [0.3, 0.4) is 0 Å². The number of nitrogens with two attached hydrogens (primary N) is 2. The Morgan fingerprint density at radius 1 is 0.427 bits per heavy atom. The number of hydrogen-bond acceptors (Lipinski definition) is 14. The highest BCUT2D eigenvalue weighted by Gasteiger charge is 2.16. The smallest absolute Gasteiger partial charge is 0.337 e. The molecular weight excluding hydrogens is 1610 g/mol. The summed E-state index contributed by atoms with van der Waals surface area (Å²) in [7, 11) is 2.62. The summed E-state index contributed by atoms with van der Waals surface area (Å²) < 4.78 is 31.6. The molecule has 0 aliphatic carbocycles. The van der Waals surface area contributed by atoms with Crippen LogP contribution in [0.4, 0.5) is 11.4 Å². The van der Waals surface area contributed by atoms with Crippen LogP contribution in [0, 0.1) is 0 Å². The first-order valence-corrected chi connectivity index (χ1v) is 30.5. The van der Waals surface area contributed by atoms with Crippen LogP contribution in [0.1, 0.15) is 94.0 Å². The van der Waals surface area contributed by atoms with Crippen molar-refractivity contribution in [1.82, 2.24) is 0 Å². The predicted octanol–water partition coefficient (Wildman–Crippen LogP) is 17.1. The Labute approximate surface area is 546 Å². The number of ketones is 2. The van der Waals surface area contributed by atoms with E-state index in [2.05, 4.69) is 137 Å². The fourth-order valence-corrected chi connectivity index (χ4v) is 12.4. The summed E-state index contributed by atoms with van der Waals surface area (Å²) in [5, 5.41) is 17.5. The van der Waals surface area contributed by atoms with Gasteiger partial charge < -0.3 is 45.4 Å². The van der Waals surface area contributed by atoms with Gasteiger partial charge in [0, 0.05) is 40.9 Å². The first-order chi connectivity index (χ1) is 38.8. The maximum Gasteiger partial charge on any atom is 0.337 e. The number of rotatable bonds is 16. The van der Waals surface area contributed by atoms with Crippen molar-refractivity contribution in [3.05, 3.63) is 202 Å². The van der Waals surface area contributed by atoms with E-state index in [-0.39, 0.29) is 35.7 Å². The standard InChI is InChI=1S/C18H16Br2O4.C17H14Br2O4.C9H7ClO3.C8H9Br2NO.C6H5Br2NO/c1-3-24-17-14(19)8-11(9-15(17)20)10-16(21)12-4-6-13(7-5-12)18(22)23-2;1-2-23-16-13(18)7-10(8-14(16)19)9-15(20)11-3-5-12(6-4-11)17(21)22;1-13-9(12)7-4-2-6(3-5-7)8(10)11;1-2-12-8-6(9)3-5(11)4-7(8)10;7-4-1-3(9)2-5(8)6(4)10/h4-9H,3,10H2,1-2H3;3-8H,2,9H2,1H3,(H,21,22);2-5H,1H3;3-4H,2,11H2,1H3;1-2,10H,9H2. The zero-order valence-electron chi connectivity index (χ0n) is 44.0. The fourth-order valence-electron chi connectivity index (χ4n) is 6.58. The molecule has 0 aliphatic rings. The van der Waals surface area contributed by atoms with Crippen molar-refractivity contribution in [1.29, 1.82) is 0 Å². The molecule has 15 nitrogen and oxygen atoms in total. The van der Waals surface area contributed by atoms with E-state index in [4.69, 9.17) is 42.4 Å². The Bertz CT molecular complexity index is 3280. The fraction of sp³-hybridized carbons (Fsp3) is 0.172. The van der Waals surface area contributed by atoms with Crippen LogP contribution in [-0.4, -0.2) is 79.0 Å². The number of esters is 2.